The van der Waals surface area contributed by atoms with Crippen LogP contribution < -0.4 is 4.74 Å². The number of halogens is 1. The van der Waals surface area contributed by atoms with Gasteiger partial charge in [0.05, 0.1) is 11.6 Å². The monoisotopic (exact) mass is 570 g/mol. The number of furan rings is 1. The third kappa shape index (κ3) is 5.63. The summed E-state index contributed by atoms with van der Waals surface area (Å²) in [6.45, 7) is 2.20. The van der Waals surface area contributed by atoms with E-state index in [1.54, 1.807) is 0 Å². The molecule has 1 heterocycles. The molecule has 4 nitrogen and oxygen atoms in total. The van der Waals surface area contributed by atoms with Gasteiger partial charge in [0, 0.05) is 30.2 Å². The largest absolute Gasteiger partial charge is 0.477 e. The van der Waals surface area contributed by atoms with Gasteiger partial charge in [-0.05, 0) is 56.4 Å². The molecular weight excluding hydrogens is 540 g/mol. The number of methoxy groups -OCH3 is 1. The van der Waals surface area contributed by atoms with E-state index in [4.69, 9.17) is 13.9 Å². The summed E-state index contributed by atoms with van der Waals surface area (Å²) in [4.78, 5) is 12.5. The Labute approximate surface area is 231 Å². The van der Waals surface area contributed by atoms with Crippen molar-refractivity contribution < 1.29 is 18.7 Å². The Kier molecular flexibility index (Phi) is 8.14. The molecule has 0 aliphatic rings. The van der Waals surface area contributed by atoms with Gasteiger partial charge >= 0.3 is 5.97 Å². The van der Waals surface area contributed by atoms with Gasteiger partial charge < -0.3 is 13.9 Å². The minimum Gasteiger partial charge on any atom is -0.477 e. The first-order chi connectivity index (χ1) is 18.6. The van der Waals surface area contributed by atoms with E-state index in [1.165, 1.54) is 23.6 Å². The van der Waals surface area contributed by atoms with E-state index in [-0.39, 0.29) is 0 Å². The minimum atomic E-state index is -0.744. The molecule has 0 spiro atoms. The van der Waals surface area contributed by atoms with E-state index in [2.05, 4.69) is 53.2 Å². The molecule has 1 unspecified atom stereocenters. The van der Waals surface area contributed by atoms with Crippen LogP contribution in [0.25, 0.3) is 21.7 Å². The van der Waals surface area contributed by atoms with E-state index in [9.17, 15) is 4.79 Å². The molecule has 1 atom stereocenters. The Hall–Kier alpha value is -3.57. The molecule has 0 saturated carbocycles. The van der Waals surface area contributed by atoms with Crippen molar-refractivity contribution in [1.82, 2.24) is 0 Å². The number of benzene rings is 4. The number of rotatable bonds is 10. The van der Waals surface area contributed by atoms with Gasteiger partial charge in [-0.1, -0.05) is 86.1 Å². The highest BCUT2D eigenvalue weighted by atomic mass is 79.9. The first-order valence-electron chi connectivity index (χ1n) is 13.1. The van der Waals surface area contributed by atoms with E-state index >= 15 is 0 Å². The van der Waals surface area contributed by atoms with Crippen molar-refractivity contribution >= 4 is 43.6 Å². The van der Waals surface area contributed by atoms with Crippen molar-refractivity contribution in [2.45, 2.75) is 45.1 Å². The summed E-state index contributed by atoms with van der Waals surface area (Å²) in [6, 6.07) is 28.6. The zero-order valence-corrected chi connectivity index (χ0v) is 23.3. The Morgan fingerprint density at radius 1 is 0.921 bits per heavy atom. The lowest BCUT2D eigenvalue weighted by Gasteiger charge is -2.19. The van der Waals surface area contributed by atoms with Crippen molar-refractivity contribution in [3.8, 4) is 5.75 Å². The predicted molar refractivity (Wildman–Crippen MR) is 156 cm³/mol. The summed E-state index contributed by atoms with van der Waals surface area (Å²) in [7, 11) is 1.39. The Balaban J connectivity index is 1.42. The lowest BCUT2D eigenvalue weighted by molar-refractivity contribution is -0.148. The van der Waals surface area contributed by atoms with Crippen LogP contribution in [0, 0.1) is 0 Å². The minimum absolute atomic E-state index is 0.401. The summed E-state index contributed by atoms with van der Waals surface area (Å²) in [5.41, 5.74) is 4.46. The maximum absolute atomic E-state index is 12.5. The smallest absolute Gasteiger partial charge is 0.347 e. The zero-order valence-electron chi connectivity index (χ0n) is 21.7. The lowest BCUT2D eigenvalue weighted by atomic mass is 9.97. The summed E-state index contributed by atoms with van der Waals surface area (Å²) in [5.74, 6) is 1.30. The van der Waals surface area contributed by atoms with Gasteiger partial charge in [-0.2, -0.15) is 0 Å². The molecule has 5 heteroatoms. The van der Waals surface area contributed by atoms with Crippen LogP contribution in [0.2, 0.25) is 0 Å². The molecule has 5 rings (SSSR count). The number of unbranched alkanes of at least 4 members (excludes halogenated alkanes) is 1. The number of carbonyl (C=O) groups excluding carboxylic acids is 1. The van der Waals surface area contributed by atoms with Crippen LogP contribution in [0.1, 0.15) is 42.2 Å². The van der Waals surface area contributed by atoms with Gasteiger partial charge in [0.2, 0.25) is 0 Å². The molecular formula is C33H31BrO4. The first-order valence-corrected chi connectivity index (χ1v) is 13.9. The van der Waals surface area contributed by atoms with Crippen LogP contribution in [-0.2, 0) is 28.8 Å². The van der Waals surface area contributed by atoms with Crippen LogP contribution >= 0.6 is 15.9 Å². The maximum Gasteiger partial charge on any atom is 0.347 e. The van der Waals surface area contributed by atoms with Gasteiger partial charge in [-0.3, -0.25) is 0 Å². The van der Waals surface area contributed by atoms with Crippen molar-refractivity contribution in [3.05, 3.63) is 112 Å². The molecule has 0 saturated heterocycles. The summed E-state index contributed by atoms with van der Waals surface area (Å²) in [5, 5.41) is 3.32. The fraction of sp³-hybridized carbons (Fsp3) is 0.242. The topological polar surface area (TPSA) is 48.7 Å². The number of carbonyl (C=O) groups is 1. The normalized spacial score (nSPS) is 12.1. The fourth-order valence-electron chi connectivity index (χ4n) is 4.89. The first kappa shape index (κ1) is 26.1. The molecule has 0 N–H and O–H groups in total. The van der Waals surface area contributed by atoms with Gasteiger partial charge in [0.15, 0.2) is 6.10 Å². The van der Waals surface area contributed by atoms with Gasteiger partial charge in [-0.25, -0.2) is 4.79 Å². The van der Waals surface area contributed by atoms with Crippen molar-refractivity contribution in [2.24, 2.45) is 0 Å². The maximum atomic E-state index is 12.5. The van der Waals surface area contributed by atoms with Crippen LogP contribution in [0.4, 0.5) is 0 Å². The van der Waals surface area contributed by atoms with E-state index in [0.717, 1.165) is 57.8 Å². The van der Waals surface area contributed by atoms with Crippen molar-refractivity contribution in [2.75, 3.05) is 7.11 Å². The number of fused-ring (bicyclic) bond motifs is 2. The Bertz CT molecular complexity index is 1550. The average molecular weight is 572 g/mol. The van der Waals surface area contributed by atoms with Gasteiger partial charge in [-0.15, -0.1) is 0 Å². The molecule has 4 aromatic carbocycles. The Morgan fingerprint density at radius 2 is 1.71 bits per heavy atom. The molecule has 194 valence electrons. The predicted octanol–water partition coefficient (Wildman–Crippen LogP) is 8.45. The number of para-hydroxylation sites is 1. The molecule has 0 bridgehead atoms. The number of hydrogen-bond donors (Lipinski definition) is 0. The molecule has 0 aliphatic heterocycles. The van der Waals surface area contributed by atoms with Crippen molar-refractivity contribution in [1.29, 1.82) is 0 Å². The average Bonchev–Trinajstić information content (AvgIpc) is 3.30. The summed E-state index contributed by atoms with van der Waals surface area (Å²) in [6.07, 6.45) is 3.68. The molecule has 38 heavy (non-hydrogen) atoms. The number of esters is 1. The highest BCUT2D eigenvalue weighted by Crippen LogP contribution is 2.36. The highest BCUT2D eigenvalue weighted by molar-refractivity contribution is 9.10. The lowest BCUT2D eigenvalue weighted by Crippen LogP contribution is -2.31. The SMILES string of the molecule is CCCCc1oc2ccccc2c1Cc1ccc2c(Br)c(OC(Cc3ccccc3)C(=O)OC)ccc2c1. The van der Waals surface area contributed by atoms with Gasteiger partial charge in [0.1, 0.15) is 17.1 Å². The number of ether oxygens (including phenoxy) is 2. The fourth-order valence-corrected chi connectivity index (χ4v) is 5.48. The molecule has 0 aliphatic carbocycles. The molecule has 0 fully saturated rings. The quantitative estimate of drug-likeness (QED) is 0.158. The van der Waals surface area contributed by atoms with E-state index in [1.807, 2.05) is 54.6 Å². The zero-order chi connectivity index (χ0) is 26.5. The molecule has 0 radical (unpaired) electrons. The second-order valence-corrected chi connectivity index (χ2v) is 10.3. The third-order valence-corrected chi connectivity index (χ3v) is 7.72. The van der Waals surface area contributed by atoms with Crippen molar-refractivity contribution in [3.63, 3.8) is 0 Å². The van der Waals surface area contributed by atoms with Gasteiger partial charge in [0.25, 0.3) is 0 Å². The van der Waals surface area contributed by atoms with E-state index in [0.29, 0.717) is 12.2 Å². The van der Waals surface area contributed by atoms with Crippen LogP contribution in [0.5, 0.6) is 5.75 Å². The molecule has 0 amide bonds. The second kappa shape index (κ2) is 11.9. The third-order valence-electron chi connectivity index (χ3n) is 6.90. The number of hydrogen-bond acceptors (Lipinski definition) is 4. The standard InChI is InChI=1S/C33H31BrO4/c1-3-4-13-29-27(26-12-8-9-14-28(26)37-29)20-23-15-17-25-24(19-23)16-18-30(32(25)34)38-31(33(35)36-2)21-22-10-6-5-7-11-22/h5-12,14-19,31H,3-4,13,20-21H2,1-2H3. The second-order valence-electron chi connectivity index (χ2n) is 9.53. The van der Waals surface area contributed by atoms with Crippen LogP contribution in [-0.4, -0.2) is 19.2 Å². The van der Waals surface area contributed by atoms with E-state index < -0.39 is 12.1 Å². The van der Waals surface area contributed by atoms with Crippen LogP contribution in [0.3, 0.4) is 0 Å². The number of aryl methyl sites for hydroxylation is 1. The van der Waals surface area contributed by atoms with Crippen LogP contribution in [0.15, 0.2) is 93.8 Å². The molecule has 1 aromatic heterocycles. The Morgan fingerprint density at radius 3 is 2.50 bits per heavy atom. The highest BCUT2D eigenvalue weighted by Gasteiger charge is 2.23. The molecule has 5 aromatic rings. The summed E-state index contributed by atoms with van der Waals surface area (Å²) < 4.78 is 18.3. The summed E-state index contributed by atoms with van der Waals surface area (Å²) >= 11 is 3.73.